The zero-order valence-corrected chi connectivity index (χ0v) is 17.7. The number of rotatable bonds is 8. The van der Waals surface area contributed by atoms with Crippen LogP contribution in [-0.2, 0) is 6.42 Å². The second-order valence-corrected chi connectivity index (χ2v) is 7.10. The molecule has 7 heteroatoms. The van der Waals surface area contributed by atoms with E-state index in [0.717, 1.165) is 34.5 Å². The van der Waals surface area contributed by atoms with Crippen LogP contribution in [0.4, 0.5) is 11.6 Å². The molecule has 2 aromatic heterocycles. The summed E-state index contributed by atoms with van der Waals surface area (Å²) < 4.78 is 5.19. The lowest BCUT2D eigenvalue weighted by atomic mass is 10.1. The summed E-state index contributed by atoms with van der Waals surface area (Å²) in [5.74, 6) is 1.12. The van der Waals surface area contributed by atoms with Gasteiger partial charge in [-0.1, -0.05) is 24.3 Å². The van der Waals surface area contributed by atoms with E-state index in [4.69, 9.17) is 4.74 Å². The number of ether oxygens (including phenoxy) is 1. The molecule has 0 unspecified atom stereocenters. The van der Waals surface area contributed by atoms with Crippen LogP contribution in [0.25, 0.3) is 11.1 Å². The van der Waals surface area contributed by atoms with Gasteiger partial charge in [0.15, 0.2) is 0 Å². The first kappa shape index (κ1) is 21.0. The Balaban J connectivity index is 1.36. The summed E-state index contributed by atoms with van der Waals surface area (Å²) in [6.45, 7) is 0.540. The molecular weight excluding hydrogens is 402 g/mol. The molecule has 0 aliphatic carbocycles. The molecule has 0 radical (unpaired) electrons. The van der Waals surface area contributed by atoms with Crippen molar-refractivity contribution in [1.82, 2.24) is 20.3 Å². The Morgan fingerprint density at radius 2 is 1.75 bits per heavy atom. The number of nitrogens with zero attached hydrogens (tertiary/aromatic N) is 3. The Kier molecular flexibility index (Phi) is 6.67. The van der Waals surface area contributed by atoms with Crippen LogP contribution >= 0.6 is 0 Å². The molecule has 4 aromatic rings. The van der Waals surface area contributed by atoms with Gasteiger partial charge in [-0.25, -0.2) is 9.97 Å². The van der Waals surface area contributed by atoms with E-state index in [0.29, 0.717) is 18.1 Å². The summed E-state index contributed by atoms with van der Waals surface area (Å²) in [7, 11) is 1.64. The van der Waals surface area contributed by atoms with Gasteiger partial charge in [0.25, 0.3) is 5.91 Å². The minimum absolute atomic E-state index is 0.131. The largest absolute Gasteiger partial charge is 0.497 e. The number of nitrogens with one attached hydrogen (secondary N) is 2. The topological polar surface area (TPSA) is 89.0 Å². The first-order chi connectivity index (χ1) is 15.7. The number of benzene rings is 2. The predicted molar refractivity (Wildman–Crippen MR) is 124 cm³/mol. The third kappa shape index (κ3) is 5.46. The van der Waals surface area contributed by atoms with Gasteiger partial charge in [0.1, 0.15) is 5.75 Å². The quantitative estimate of drug-likeness (QED) is 0.438. The SMILES string of the molecule is COc1ccc(-c2cnc(Nc3cccc(C(=O)NCCc4cccnc4)c3)nc2)cc1. The van der Waals surface area contributed by atoms with Gasteiger partial charge in [-0.3, -0.25) is 9.78 Å². The summed E-state index contributed by atoms with van der Waals surface area (Å²) in [5, 5.41) is 6.09. The van der Waals surface area contributed by atoms with E-state index in [1.54, 1.807) is 44.0 Å². The van der Waals surface area contributed by atoms with Crippen molar-refractivity contribution in [2.75, 3.05) is 19.0 Å². The van der Waals surface area contributed by atoms with E-state index in [2.05, 4.69) is 25.6 Å². The van der Waals surface area contributed by atoms with Crippen molar-refractivity contribution in [3.05, 3.63) is 96.6 Å². The molecule has 0 saturated heterocycles. The summed E-state index contributed by atoms with van der Waals surface area (Å²) in [6.07, 6.45) is 7.78. The minimum atomic E-state index is -0.131. The lowest BCUT2D eigenvalue weighted by molar-refractivity contribution is 0.0954. The monoisotopic (exact) mass is 425 g/mol. The number of amides is 1. The number of carbonyl (C=O) groups excluding carboxylic acids is 1. The fraction of sp³-hybridized carbons (Fsp3) is 0.120. The van der Waals surface area contributed by atoms with Gasteiger partial charge < -0.3 is 15.4 Å². The first-order valence-electron chi connectivity index (χ1n) is 10.2. The van der Waals surface area contributed by atoms with Crippen molar-refractivity contribution in [2.45, 2.75) is 6.42 Å². The molecule has 0 bridgehead atoms. The Morgan fingerprint density at radius 1 is 0.938 bits per heavy atom. The molecule has 2 N–H and O–H groups in total. The Labute approximate surface area is 186 Å². The normalized spacial score (nSPS) is 10.4. The second kappa shape index (κ2) is 10.2. The highest BCUT2D eigenvalue weighted by Gasteiger charge is 2.07. The lowest BCUT2D eigenvalue weighted by Crippen LogP contribution is -2.25. The fourth-order valence-electron chi connectivity index (χ4n) is 3.16. The molecule has 0 aliphatic rings. The summed E-state index contributed by atoms with van der Waals surface area (Å²) in [6, 6.07) is 18.8. The molecule has 0 aliphatic heterocycles. The Hall–Kier alpha value is -4.26. The summed E-state index contributed by atoms with van der Waals surface area (Å²) in [4.78, 5) is 25.4. The zero-order chi connectivity index (χ0) is 22.2. The average Bonchev–Trinajstić information content (AvgIpc) is 2.85. The number of hydrogen-bond donors (Lipinski definition) is 2. The molecule has 7 nitrogen and oxygen atoms in total. The van der Waals surface area contributed by atoms with Crippen LogP contribution in [0, 0.1) is 0 Å². The highest BCUT2D eigenvalue weighted by atomic mass is 16.5. The average molecular weight is 425 g/mol. The molecule has 0 atom stereocenters. The van der Waals surface area contributed by atoms with E-state index in [1.807, 2.05) is 48.5 Å². The maximum atomic E-state index is 12.5. The van der Waals surface area contributed by atoms with E-state index in [-0.39, 0.29) is 5.91 Å². The smallest absolute Gasteiger partial charge is 0.251 e. The van der Waals surface area contributed by atoms with Crippen LogP contribution in [0.1, 0.15) is 15.9 Å². The van der Waals surface area contributed by atoms with Gasteiger partial charge in [0.2, 0.25) is 5.95 Å². The van der Waals surface area contributed by atoms with Crippen LogP contribution in [0.2, 0.25) is 0 Å². The van der Waals surface area contributed by atoms with Crippen LogP contribution < -0.4 is 15.4 Å². The highest BCUT2D eigenvalue weighted by Crippen LogP contribution is 2.22. The molecule has 0 fully saturated rings. The Morgan fingerprint density at radius 3 is 2.47 bits per heavy atom. The number of anilines is 2. The van der Waals surface area contributed by atoms with Gasteiger partial charge in [-0.2, -0.15) is 0 Å². The molecule has 0 saturated carbocycles. The van der Waals surface area contributed by atoms with E-state index >= 15 is 0 Å². The third-order valence-corrected chi connectivity index (χ3v) is 4.88. The van der Waals surface area contributed by atoms with Gasteiger partial charge >= 0.3 is 0 Å². The van der Waals surface area contributed by atoms with Crippen LogP contribution in [-0.4, -0.2) is 34.5 Å². The summed E-state index contributed by atoms with van der Waals surface area (Å²) in [5.41, 5.74) is 4.29. The molecule has 1 amide bonds. The van der Waals surface area contributed by atoms with Crippen molar-refractivity contribution < 1.29 is 9.53 Å². The van der Waals surface area contributed by atoms with Gasteiger partial charge in [-0.15, -0.1) is 0 Å². The molecule has 0 spiro atoms. The molecule has 2 aromatic carbocycles. The first-order valence-corrected chi connectivity index (χ1v) is 10.2. The number of carbonyl (C=O) groups is 1. The Bertz CT molecular complexity index is 1160. The van der Waals surface area contributed by atoms with Gasteiger partial charge in [0, 0.05) is 48.1 Å². The standard InChI is InChI=1S/C25H23N5O2/c1-32-23-9-7-19(8-10-23)21-16-28-25(29-17-21)30-22-6-2-5-20(14-22)24(31)27-13-11-18-4-3-12-26-15-18/h2-10,12,14-17H,11,13H2,1H3,(H,27,31)(H,28,29,30). The number of hydrogen-bond acceptors (Lipinski definition) is 6. The van der Waals surface area contributed by atoms with E-state index < -0.39 is 0 Å². The molecule has 4 rings (SSSR count). The zero-order valence-electron chi connectivity index (χ0n) is 17.7. The highest BCUT2D eigenvalue weighted by molar-refractivity contribution is 5.95. The maximum absolute atomic E-state index is 12.5. The molecule has 32 heavy (non-hydrogen) atoms. The van der Waals surface area contributed by atoms with Crippen molar-refractivity contribution in [3.63, 3.8) is 0 Å². The number of methoxy groups -OCH3 is 1. The molecular formula is C25H23N5O2. The van der Waals surface area contributed by atoms with Crippen LogP contribution in [0.3, 0.4) is 0 Å². The fourth-order valence-corrected chi connectivity index (χ4v) is 3.16. The van der Waals surface area contributed by atoms with Crippen LogP contribution in [0.5, 0.6) is 5.75 Å². The van der Waals surface area contributed by atoms with Gasteiger partial charge in [0.05, 0.1) is 7.11 Å². The van der Waals surface area contributed by atoms with E-state index in [9.17, 15) is 4.79 Å². The maximum Gasteiger partial charge on any atom is 0.251 e. The lowest BCUT2D eigenvalue weighted by Gasteiger charge is -2.09. The molecule has 2 heterocycles. The number of aromatic nitrogens is 3. The summed E-state index contributed by atoms with van der Waals surface area (Å²) >= 11 is 0. The minimum Gasteiger partial charge on any atom is -0.497 e. The van der Waals surface area contributed by atoms with Crippen LogP contribution in [0.15, 0.2) is 85.5 Å². The molecule has 160 valence electrons. The van der Waals surface area contributed by atoms with Crippen molar-refractivity contribution in [3.8, 4) is 16.9 Å². The van der Waals surface area contributed by atoms with Crippen molar-refractivity contribution >= 4 is 17.5 Å². The predicted octanol–water partition coefficient (Wildman–Crippen LogP) is 4.26. The second-order valence-electron chi connectivity index (χ2n) is 7.10. The number of pyridine rings is 1. The third-order valence-electron chi connectivity index (χ3n) is 4.88. The van der Waals surface area contributed by atoms with Crippen molar-refractivity contribution in [1.29, 1.82) is 0 Å². The van der Waals surface area contributed by atoms with Crippen molar-refractivity contribution in [2.24, 2.45) is 0 Å². The van der Waals surface area contributed by atoms with Gasteiger partial charge in [-0.05, 0) is 53.9 Å². The van der Waals surface area contributed by atoms with E-state index in [1.165, 1.54) is 0 Å².